The van der Waals surface area contributed by atoms with Crippen molar-refractivity contribution < 1.29 is 4.74 Å². The zero-order valence-electron chi connectivity index (χ0n) is 23.6. The second-order valence-corrected chi connectivity index (χ2v) is 11.3. The van der Waals surface area contributed by atoms with Crippen LogP contribution in [0.3, 0.4) is 0 Å². The molecule has 3 aromatic carbocycles. The molecule has 7 nitrogen and oxygen atoms in total. The van der Waals surface area contributed by atoms with E-state index >= 15 is 0 Å². The molecular formula is C33H31N5O2S. The first kappa shape index (κ1) is 26.7. The zero-order valence-corrected chi connectivity index (χ0v) is 24.4. The summed E-state index contributed by atoms with van der Waals surface area (Å²) in [6, 6.07) is 22.0. The number of benzene rings is 3. The van der Waals surface area contributed by atoms with Crippen molar-refractivity contribution in [2.45, 2.75) is 40.5 Å². The lowest BCUT2D eigenvalue weighted by Crippen LogP contribution is -2.23. The first-order chi connectivity index (χ1) is 19.9. The van der Waals surface area contributed by atoms with Crippen LogP contribution in [0.5, 0.6) is 5.75 Å². The maximum atomic E-state index is 13.5. The minimum Gasteiger partial charge on any atom is -0.494 e. The van der Waals surface area contributed by atoms with Crippen molar-refractivity contribution in [1.82, 2.24) is 24.4 Å². The van der Waals surface area contributed by atoms with Crippen LogP contribution in [-0.4, -0.2) is 31.0 Å². The molecule has 0 aliphatic carbocycles. The Morgan fingerprint density at radius 1 is 0.951 bits per heavy atom. The van der Waals surface area contributed by atoms with E-state index in [1.807, 2.05) is 71.6 Å². The Morgan fingerprint density at radius 2 is 1.68 bits per heavy atom. The average molecular weight is 562 g/mol. The summed E-state index contributed by atoms with van der Waals surface area (Å²) in [5.74, 6) is 1.33. The maximum absolute atomic E-state index is 13.5. The molecule has 0 amide bonds. The summed E-state index contributed by atoms with van der Waals surface area (Å²) in [6.07, 6.45) is 6.00. The van der Waals surface area contributed by atoms with Crippen LogP contribution in [0.1, 0.15) is 42.0 Å². The van der Waals surface area contributed by atoms with Gasteiger partial charge in [0, 0.05) is 22.9 Å². The van der Waals surface area contributed by atoms with Crippen molar-refractivity contribution in [1.29, 1.82) is 0 Å². The largest absolute Gasteiger partial charge is 0.494 e. The molecule has 0 fully saturated rings. The van der Waals surface area contributed by atoms with Crippen LogP contribution in [0, 0.1) is 20.8 Å². The standard InChI is InChI=1S/C33H31N5O2S/c1-5-6-16-40-27-14-12-24(13-15-27)31-34-33-38(36-31)32(39)28(41-33)19-25-20-37(26-10-8-7-9-11-26)35-30(25)29-22(3)17-21(2)18-23(29)4/h7-15,17-20H,5-6,16H2,1-4H3/b28-19-. The lowest BCUT2D eigenvalue weighted by atomic mass is 9.95. The highest BCUT2D eigenvalue weighted by atomic mass is 32.1. The number of thiazole rings is 1. The topological polar surface area (TPSA) is 74.3 Å². The summed E-state index contributed by atoms with van der Waals surface area (Å²) >= 11 is 1.33. The summed E-state index contributed by atoms with van der Waals surface area (Å²) in [5.41, 5.74) is 7.87. The number of hydrogen-bond donors (Lipinski definition) is 0. The van der Waals surface area contributed by atoms with Gasteiger partial charge in [0.05, 0.1) is 16.8 Å². The van der Waals surface area contributed by atoms with Crippen molar-refractivity contribution in [3.05, 3.63) is 110 Å². The molecule has 206 valence electrons. The fraction of sp³-hybridized carbons (Fsp3) is 0.212. The number of aromatic nitrogens is 5. The molecule has 0 saturated heterocycles. The van der Waals surface area contributed by atoms with Crippen LogP contribution < -0.4 is 14.8 Å². The van der Waals surface area contributed by atoms with Gasteiger partial charge >= 0.3 is 0 Å². The minimum atomic E-state index is -0.195. The molecule has 0 aliphatic heterocycles. The van der Waals surface area contributed by atoms with E-state index in [1.54, 1.807) is 0 Å². The van der Waals surface area contributed by atoms with Crippen molar-refractivity contribution in [3.8, 4) is 34.1 Å². The molecule has 0 aliphatic rings. The zero-order chi connectivity index (χ0) is 28.5. The normalized spacial score (nSPS) is 12.0. The van der Waals surface area contributed by atoms with Crippen LogP contribution in [0.15, 0.2) is 77.7 Å². The SMILES string of the molecule is CCCCOc1ccc(-c2nc3s/c(=C\c4cn(-c5ccccc5)nc4-c4c(C)cc(C)cc4C)c(=O)n3n2)cc1. The van der Waals surface area contributed by atoms with Gasteiger partial charge in [-0.3, -0.25) is 4.79 Å². The number of nitrogens with zero attached hydrogens (tertiary/aromatic N) is 5. The second-order valence-electron chi connectivity index (χ2n) is 10.3. The third-order valence-corrected chi connectivity index (χ3v) is 7.98. The van der Waals surface area contributed by atoms with Gasteiger partial charge in [-0.1, -0.05) is 60.6 Å². The number of aryl methyl sites for hydroxylation is 3. The number of unbranched alkanes of at least 4 members (excludes halogenated alkanes) is 1. The number of ether oxygens (including phenoxy) is 1. The monoisotopic (exact) mass is 561 g/mol. The molecule has 3 heterocycles. The van der Waals surface area contributed by atoms with Crippen LogP contribution in [-0.2, 0) is 0 Å². The van der Waals surface area contributed by atoms with Crippen molar-refractivity contribution >= 4 is 22.4 Å². The van der Waals surface area contributed by atoms with Gasteiger partial charge in [0.2, 0.25) is 4.96 Å². The van der Waals surface area contributed by atoms with E-state index in [9.17, 15) is 4.79 Å². The molecule has 6 aromatic rings. The van der Waals surface area contributed by atoms with Gasteiger partial charge in [-0.15, -0.1) is 5.10 Å². The van der Waals surface area contributed by atoms with E-state index in [2.05, 4.69) is 49.9 Å². The summed E-state index contributed by atoms with van der Waals surface area (Å²) in [4.78, 5) is 18.7. The molecule has 0 atom stereocenters. The molecule has 6 rings (SSSR count). The number of para-hydroxylation sites is 1. The maximum Gasteiger partial charge on any atom is 0.291 e. The lowest BCUT2D eigenvalue weighted by molar-refractivity contribution is 0.309. The highest BCUT2D eigenvalue weighted by Crippen LogP contribution is 2.31. The van der Waals surface area contributed by atoms with Gasteiger partial charge in [-0.25, -0.2) is 4.68 Å². The third-order valence-electron chi connectivity index (χ3n) is 7.02. The van der Waals surface area contributed by atoms with E-state index in [1.165, 1.54) is 21.4 Å². The summed E-state index contributed by atoms with van der Waals surface area (Å²) < 4.78 is 9.58. The molecule has 0 radical (unpaired) electrons. The average Bonchev–Trinajstić information content (AvgIpc) is 3.64. The molecule has 0 spiro atoms. The van der Waals surface area contributed by atoms with Crippen LogP contribution in [0.4, 0.5) is 0 Å². The Bertz CT molecular complexity index is 1930. The van der Waals surface area contributed by atoms with Gasteiger partial charge in [-0.2, -0.15) is 14.6 Å². The first-order valence-corrected chi connectivity index (χ1v) is 14.6. The fourth-order valence-corrected chi connectivity index (χ4v) is 5.98. The second kappa shape index (κ2) is 11.1. The van der Waals surface area contributed by atoms with Crippen molar-refractivity contribution in [2.75, 3.05) is 6.61 Å². The predicted molar refractivity (Wildman–Crippen MR) is 165 cm³/mol. The van der Waals surface area contributed by atoms with Crippen molar-refractivity contribution in [2.24, 2.45) is 0 Å². The van der Waals surface area contributed by atoms with Gasteiger partial charge in [0.1, 0.15) is 11.4 Å². The molecule has 0 bridgehead atoms. The van der Waals surface area contributed by atoms with Crippen LogP contribution in [0.2, 0.25) is 0 Å². The molecular weight excluding hydrogens is 530 g/mol. The molecule has 41 heavy (non-hydrogen) atoms. The third kappa shape index (κ3) is 5.30. The Hall–Kier alpha value is -4.56. The summed E-state index contributed by atoms with van der Waals surface area (Å²) in [7, 11) is 0. The Kier molecular flexibility index (Phi) is 7.24. The van der Waals surface area contributed by atoms with E-state index in [0.29, 0.717) is 21.9 Å². The lowest BCUT2D eigenvalue weighted by Gasteiger charge is -2.10. The molecule has 0 N–H and O–H groups in total. The van der Waals surface area contributed by atoms with Gasteiger partial charge < -0.3 is 4.74 Å². The molecule has 0 saturated carbocycles. The highest BCUT2D eigenvalue weighted by Gasteiger charge is 2.17. The minimum absolute atomic E-state index is 0.195. The molecule has 0 unspecified atom stereocenters. The Balaban J connectivity index is 1.41. The smallest absolute Gasteiger partial charge is 0.291 e. The fourth-order valence-electron chi connectivity index (χ4n) is 5.09. The van der Waals surface area contributed by atoms with Gasteiger partial charge in [0.15, 0.2) is 5.82 Å². The van der Waals surface area contributed by atoms with Gasteiger partial charge in [0.25, 0.3) is 5.56 Å². The predicted octanol–water partition coefficient (Wildman–Crippen LogP) is 6.32. The molecule has 3 aromatic heterocycles. The van der Waals surface area contributed by atoms with Crippen LogP contribution >= 0.6 is 11.3 Å². The van der Waals surface area contributed by atoms with E-state index in [0.717, 1.165) is 57.8 Å². The number of hydrogen-bond acceptors (Lipinski definition) is 6. The highest BCUT2D eigenvalue weighted by molar-refractivity contribution is 7.15. The Morgan fingerprint density at radius 3 is 2.37 bits per heavy atom. The van der Waals surface area contributed by atoms with Gasteiger partial charge in [-0.05, 0) is 80.8 Å². The van der Waals surface area contributed by atoms with E-state index < -0.39 is 0 Å². The van der Waals surface area contributed by atoms with Crippen molar-refractivity contribution in [3.63, 3.8) is 0 Å². The number of fused-ring (bicyclic) bond motifs is 1. The summed E-state index contributed by atoms with van der Waals surface area (Å²) in [5, 5.41) is 9.54. The quantitative estimate of drug-likeness (QED) is 0.203. The van der Waals surface area contributed by atoms with E-state index in [4.69, 9.17) is 9.84 Å². The number of rotatable bonds is 8. The Labute approximate surface area is 242 Å². The molecule has 8 heteroatoms. The first-order valence-electron chi connectivity index (χ1n) is 13.8. The summed E-state index contributed by atoms with van der Waals surface area (Å²) in [6.45, 7) is 9.14. The van der Waals surface area contributed by atoms with E-state index in [-0.39, 0.29) is 5.56 Å². The van der Waals surface area contributed by atoms with Crippen LogP contribution in [0.25, 0.3) is 39.4 Å².